The summed E-state index contributed by atoms with van der Waals surface area (Å²) in [6, 6.07) is 14.8. The van der Waals surface area contributed by atoms with Gasteiger partial charge in [0, 0.05) is 25.8 Å². The van der Waals surface area contributed by atoms with Crippen LogP contribution in [0.15, 0.2) is 65.8 Å². The molecule has 0 fully saturated rings. The zero-order chi connectivity index (χ0) is 24.9. The van der Waals surface area contributed by atoms with E-state index in [4.69, 9.17) is 9.47 Å². The molecule has 0 atom stereocenters. The van der Waals surface area contributed by atoms with E-state index in [2.05, 4.69) is 10.00 Å². The summed E-state index contributed by atoms with van der Waals surface area (Å²) in [5.41, 5.74) is 1.35. The van der Waals surface area contributed by atoms with E-state index < -0.39 is 10.0 Å². The highest BCUT2D eigenvalue weighted by molar-refractivity contribution is 7.89. The van der Waals surface area contributed by atoms with Crippen molar-refractivity contribution in [3.05, 3.63) is 72.1 Å². The highest BCUT2D eigenvalue weighted by Gasteiger charge is 2.29. The zero-order valence-electron chi connectivity index (χ0n) is 20.7. The second kappa shape index (κ2) is 10.6. The van der Waals surface area contributed by atoms with Crippen molar-refractivity contribution >= 4 is 10.0 Å². The smallest absolute Gasteiger partial charge is 0.246 e. The highest BCUT2D eigenvalue weighted by Crippen LogP contribution is 2.25. The lowest BCUT2D eigenvalue weighted by Gasteiger charge is -2.28. The van der Waals surface area contributed by atoms with Crippen molar-refractivity contribution in [1.29, 1.82) is 0 Å². The number of rotatable bonds is 11. The SMILES string of the molecule is COc1ccc(CN(Cc2ccc(OC)cc2)S(=O)(=O)c2cnn(C(C)(C)CN(C)C)c2)cc1. The van der Waals surface area contributed by atoms with E-state index in [1.807, 2.05) is 76.5 Å². The maximum absolute atomic E-state index is 13.8. The van der Waals surface area contributed by atoms with Crippen LogP contribution in [0, 0.1) is 0 Å². The van der Waals surface area contributed by atoms with Gasteiger partial charge >= 0.3 is 0 Å². The molecule has 0 aliphatic carbocycles. The maximum atomic E-state index is 13.8. The van der Waals surface area contributed by atoms with Gasteiger partial charge in [0.15, 0.2) is 0 Å². The van der Waals surface area contributed by atoms with Gasteiger partial charge in [0.05, 0.1) is 26.0 Å². The second-order valence-electron chi connectivity index (χ2n) is 9.14. The van der Waals surface area contributed by atoms with E-state index in [1.54, 1.807) is 25.1 Å². The van der Waals surface area contributed by atoms with Gasteiger partial charge in [-0.2, -0.15) is 9.40 Å². The van der Waals surface area contributed by atoms with Gasteiger partial charge in [-0.05, 0) is 63.3 Å². The van der Waals surface area contributed by atoms with Gasteiger partial charge in [-0.1, -0.05) is 24.3 Å². The summed E-state index contributed by atoms with van der Waals surface area (Å²) in [4.78, 5) is 2.22. The predicted octanol–water partition coefficient (Wildman–Crippen LogP) is 3.59. The number of ether oxygens (including phenoxy) is 2. The minimum absolute atomic E-state index is 0.168. The van der Waals surface area contributed by atoms with E-state index >= 15 is 0 Å². The third-order valence-corrected chi connectivity index (χ3v) is 7.30. The summed E-state index contributed by atoms with van der Waals surface area (Å²) in [6.45, 7) is 5.20. The molecule has 1 aromatic heterocycles. The fourth-order valence-electron chi connectivity index (χ4n) is 3.86. The molecule has 0 amide bonds. The van der Waals surface area contributed by atoms with Crippen LogP contribution in [0.25, 0.3) is 0 Å². The lowest BCUT2D eigenvalue weighted by molar-refractivity contribution is 0.223. The third kappa shape index (κ3) is 6.16. The molecule has 34 heavy (non-hydrogen) atoms. The summed E-state index contributed by atoms with van der Waals surface area (Å²) >= 11 is 0. The molecule has 0 aliphatic rings. The molecule has 3 rings (SSSR count). The van der Waals surface area contributed by atoms with E-state index in [0.717, 1.165) is 29.2 Å². The van der Waals surface area contributed by atoms with Crippen LogP contribution < -0.4 is 9.47 Å². The Morgan fingerprint density at radius 3 is 1.76 bits per heavy atom. The predicted molar refractivity (Wildman–Crippen MR) is 133 cm³/mol. The van der Waals surface area contributed by atoms with E-state index in [-0.39, 0.29) is 23.5 Å². The molecule has 9 heteroatoms. The van der Waals surface area contributed by atoms with Crippen LogP contribution >= 0.6 is 0 Å². The fraction of sp³-hybridized carbons (Fsp3) is 0.400. The molecule has 0 N–H and O–H groups in total. The topological polar surface area (TPSA) is 76.9 Å². The Balaban J connectivity index is 1.94. The zero-order valence-corrected chi connectivity index (χ0v) is 21.5. The number of methoxy groups -OCH3 is 2. The maximum Gasteiger partial charge on any atom is 0.246 e. The van der Waals surface area contributed by atoms with Crippen LogP contribution in [0.2, 0.25) is 0 Å². The second-order valence-corrected chi connectivity index (χ2v) is 11.1. The molecule has 0 spiro atoms. The number of benzene rings is 2. The molecule has 0 radical (unpaired) electrons. The monoisotopic (exact) mass is 486 g/mol. The summed E-state index contributed by atoms with van der Waals surface area (Å²) in [5.74, 6) is 1.44. The Morgan fingerprint density at radius 2 is 1.35 bits per heavy atom. The first-order valence-corrected chi connectivity index (χ1v) is 12.4. The largest absolute Gasteiger partial charge is 0.497 e. The number of nitrogens with zero attached hydrogens (tertiary/aromatic N) is 4. The van der Waals surface area contributed by atoms with Crippen LogP contribution in [0.4, 0.5) is 0 Å². The van der Waals surface area contributed by atoms with Gasteiger partial charge in [-0.3, -0.25) is 4.68 Å². The minimum atomic E-state index is -3.82. The molecule has 0 saturated carbocycles. The summed E-state index contributed by atoms with van der Waals surface area (Å²) in [7, 11) is 3.34. The van der Waals surface area contributed by atoms with Crippen molar-refractivity contribution in [2.24, 2.45) is 0 Å². The van der Waals surface area contributed by atoms with E-state index in [0.29, 0.717) is 0 Å². The molecular formula is C25H34N4O4S. The highest BCUT2D eigenvalue weighted by atomic mass is 32.2. The van der Waals surface area contributed by atoms with Crippen LogP contribution in [-0.2, 0) is 28.7 Å². The van der Waals surface area contributed by atoms with Crippen molar-refractivity contribution in [2.75, 3.05) is 34.9 Å². The van der Waals surface area contributed by atoms with Crippen LogP contribution in [0.3, 0.4) is 0 Å². The molecular weight excluding hydrogens is 452 g/mol. The molecule has 1 heterocycles. The fourth-order valence-corrected chi connectivity index (χ4v) is 5.21. The number of likely N-dealkylation sites (N-methyl/N-ethyl adjacent to an activating group) is 1. The lowest BCUT2D eigenvalue weighted by atomic mass is 10.1. The normalized spacial score (nSPS) is 12.4. The quantitative estimate of drug-likeness (QED) is 0.412. The first-order valence-electron chi connectivity index (χ1n) is 11.0. The molecule has 0 unspecified atom stereocenters. The average Bonchev–Trinajstić information content (AvgIpc) is 3.31. The Bertz CT molecular complexity index is 1120. The van der Waals surface area contributed by atoms with Crippen molar-refractivity contribution in [3.63, 3.8) is 0 Å². The number of hydrogen-bond donors (Lipinski definition) is 0. The van der Waals surface area contributed by atoms with E-state index in [1.165, 1.54) is 10.5 Å². The Labute approximate surface area is 202 Å². The van der Waals surface area contributed by atoms with Crippen molar-refractivity contribution in [3.8, 4) is 11.5 Å². The molecule has 184 valence electrons. The Hall–Kier alpha value is -2.88. The number of aromatic nitrogens is 2. The minimum Gasteiger partial charge on any atom is -0.497 e. The molecule has 8 nitrogen and oxygen atoms in total. The standard InChI is InChI=1S/C25H34N4O4S/c1-25(2,19-27(3)4)29-18-24(15-26-29)34(30,31)28(16-20-7-11-22(32-5)12-8-20)17-21-9-13-23(33-6)14-10-21/h7-15,18H,16-17,19H2,1-6H3. The van der Waals surface area contributed by atoms with Crippen molar-refractivity contribution in [1.82, 2.24) is 19.0 Å². The van der Waals surface area contributed by atoms with Crippen molar-refractivity contribution < 1.29 is 17.9 Å². The first-order chi connectivity index (χ1) is 16.0. The van der Waals surface area contributed by atoms with Crippen LogP contribution in [0.5, 0.6) is 11.5 Å². The Morgan fingerprint density at radius 1 is 0.882 bits per heavy atom. The third-order valence-electron chi connectivity index (χ3n) is 5.56. The van der Waals surface area contributed by atoms with Gasteiger partial charge in [-0.15, -0.1) is 0 Å². The van der Waals surface area contributed by atoms with Gasteiger partial charge in [-0.25, -0.2) is 8.42 Å². The molecule has 3 aromatic rings. The summed E-state index contributed by atoms with van der Waals surface area (Å²) in [5, 5.41) is 4.40. The van der Waals surface area contributed by atoms with E-state index in [9.17, 15) is 8.42 Å². The molecule has 0 aliphatic heterocycles. The first kappa shape index (κ1) is 25.7. The van der Waals surface area contributed by atoms with Gasteiger partial charge < -0.3 is 14.4 Å². The van der Waals surface area contributed by atoms with Gasteiger partial charge in [0.2, 0.25) is 10.0 Å². The molecule has 0 saturated heterocycles. The summed E-state index contributed by atoms with van der Waals surface area (Å²) < 4.78 is 41.2. The number of hydrogen-bond acceptors (Lipinski definition) is 6. The molecule has 0 bridgehead atoms. The molecule has 2 aromatic carbocycles. The van der Waals surface area contributed by atoms with Crippen LogP contribution in [-0.4, -0.2) is 62.3 Å². The average molecular weight is 487 g/mol. The van der Waals surface area contributed by atoms with Crippen molar-refractivity contribution in [2.45, 2.75) is 37.4 Å². The number of sulfonamides is 1. The van der Waals surface area contributed by atoms with Gasteiger partial charge in [0.1, 0.15) is 16.4 Å². The summed E-state index contributed by atoms with van der Waals surface area (Å²) in [6.07, 6.45) is 3.05. The van der Waals surface area contributed by atoms with Gasteiger partial charge in [0.25, 0.3) is 0 Å². The Kier molecular flexibility index (Phi) is 8.01. The lowest BCUT2D eigenvalue weighted by Crippen LogP contribution is -2.38. The van der Waals surface area contributed by atoms with Crippen LogP contribution in [0.1, 0.15) is 25.0 Å².